The number of nitrogens with zero attached hydrogens (tertiary/aromatic N) is 1. The molecule has 2 atom stereocenters. The van der Waals surface area contributed by atoms with E-state index in [1.807, 2.05) is 75.4 Å². The highest BCUT2D eigenvalue weighted by molar-refractivity contribution is 8.01. The van der Waals surface area contributed by atoms with E-state index in [1.54, 1.807) is 13.2 Å². The fourth-order valence-corrected chi connectivity index (χ4v) is 6.32. The topological polar surface area (TPSA) is 89.5 Å². The van der Waals surface area contributed by atoms with Gasteiger partial charge in [-0.3, -0.25) is 9.59 Å². The van der Waals surface area contributed by atoms with Gasteiger partial charge >= 0.3 is 0 Å². The van der Waals surface area contributed by atoms with Gasteiger partial charge in [0.15, 0.2) is 4.34 Å². The number of aromatic nitrogens is 1. The number of anilines is 1. The Labute approximate surface area is 243 Å². The van der Waals surface area contributed by atoms with Gasteiger partial charge in [0.25, 0.3) is 5.91 Å². The maximum Gasteiger partial charge on any atom is 0.259 e. The highest BCUT2D eigenvalue weighted by Gasteiger charge is 2.19. The molecule has 1 aromatic heterocycles. The fourth-order valence-electron chi connectivity index (χ4n) is 4.40. The molecule has 2 N–H and O–H groups in total. The van der Waals surface area contributed by atoms with Crippen LogP contribution in [0.25, 0.3) is 10.2 Å². The van der Waals surface area contributed by atoms with Gasteiger partial charge < -0.3 is 20.1 Å². The maximum atomic E-state index is 13.2. The molecule has 1 unspecified atom stereocenters. The van der Waals surface area contributed by atoms with Gasteiger partial charge in [-0.2, -0.15) is 0 Å². The molecular formula is C31H35N3O4S2. The zero-order chi connectivity index (χ0) is 28.6. The molecule has 0 radical (unpaired) electrons. The van der Waals surface area contributed by atoms with Crippen molar-refractivity contribution in [1.82, 2.24) is 10.3 Å². The second-order valence-corrected chi connectivity index (χ2v) is 11.8. The van der Waals surface area contributed by atoms with Crippen LogP contribution in [0.4, 0.5) is 5.69 Å². The van der Waals surface area contributed by atoms with Crippen LogP contribution < -0.4 is 20.1 Å². The van der Waals surface area contributed by atoms with Crippen molar-refractivity contribution in [3.05, 3.63) is 77.4 Å². The van der Waals surface area contributed by atoms with Crippen LogP contribution in [-0.2, 0) is 4.79 Å². The third kappa shape index (κ3) is 7.34. The van der Waals surface area contributed by atoms with Gasteiger partial charge in [-0.25, -0.2) is 4.98 Å². The van der Waals surface area contributed by atoms with E-state index >= 15 is 0 Å². The molecule has 9 heteroatoms. The molecule has 2 amide bonds. The zero-order valence-corrected chi connectivity index (χ0v) is 25.1. The molecule has 1 heterocycles. The van der Waals surface area contributed by atoms with Crippen LogP contribution in [0.15, 0.2) is 65.0 Å². The lowest BCUT2D eigenvalue weighted by Crippen LogP contribution is -2.28. The standard InChI is InChI=1S/C31H35N3O4S2/c1-6-10-19(2)38-26-16-14-24(29(37-5)20(26)3)30(36)33-23-13-15-25-27(17-23)40-31(34-25)39-18-28(35)32-21(4)22-11-8-7-9-12-22/h7-9,11-17,19,21H,6,10,18H2,1-5H3,(H,32,35)(H,33,36)/t19?,21-/m0/s1. The summed E-state index contributed by atoms with van der Waals surface area (Å²) in [6, 6.07) is 19.0. The average molecular weight is 578 g/mol. The highest BCUT2D eigenvalue weighted by atomic mass is 32.2. The largest absolute Gasteiger partial charge is 0.495 e. The van der Waals surface area contributed by atoms with Crippen molar-refractivity contribution >= 4 is 50.8 Å². The molecule has 0 aliphatic rings. The molecule has 0 saturated heterocycles. The lowest BCUT2D eigenvalue weighted by Gasteiger charge is -2.19. The Morgan fingerprint density at radius 2 is 1.85 bits per heavy atom. The van der Waals surface area contributed by atoms with E-state index in [4.69, 9.17) is 9.47 Å². The van der Waals surface area contributed by atoms with Crippen molar-refractivity contribution in [2.24, 2.45) is 0 Å². The monoisotopic (exact) mass is 577 g/mol. The van der Waals surface area contributed by atoms with Gasteiger partial charge in [-0.05, 0) is 63.1 Å². The number of hydrogen-bond acceptors (Lipinski definition) is 7. The molecule has 40 heavy (non-hydrogen) atoms. The van der Waals surface area contributed by atoms with Crippen molar-refractivity contribution in [2.45, 2.75) is 57.0 Å². The fraction of sp³-hybridized carbons (Fsp3) is 0.323. The number of ether oxygens (including phenoxy) is 2. The summed E-state index contributed by atoms with van der Waals surface area (Å²) >= 11 is 2.90. The van der Waals surface area contributed by atoms with Gasteiger partial charge in [0.2, 0.25) is 5.91 Å². The minimum absolute atomic E-state index is 0.0472. The lowest BCUT2D eigenvalue weighted by atomic mass is 10.1. The van der Waals surface area contributed by atoms with Crippen LogP contribution in [-0.4, -0.2) is 35.8 Å². The second-order valence-electron chi connectivity index (χ2n) is 9.59. The first-order chi connectivity index (χ1) is 19.3. The Kier molecular flexibility index (Phi) is 10.1. The number of thioether (sulfide) groups is 1. The van der Waals surface area contributed by atoms with E-state index in [1.165, 1.54) is 23.1 Å². The maximum absolute atomic E-state index is 13.2. The number of methoxy groups -OCH3 is 1. The summed E-state index contributed by atoms with van der Waals surface area (Å²) in [4.78, 5) is 30.3. The van der Waals surface area contributed by atoms with Gasteiger partial charge in [-0.1, -0.05) is 55.4 Å². The zero-order valence-electron chi connectivity index (χ0n) is 23.4. The van der Waals surface area contributed by atoms with Crippen LogP contribution in [0.3, 0.4) is 0 Å². The first-order valence-corrected chi connectivity index (χ1v) is 15.1. The van der Waals surface area contributed by atoms with E-state index in [-0.39, 0.29) is 29.7 Å². The van der Waals surface area contributed by atoms with Crippen LogP contribution >= 0.6 is 23.1 Å². The second kappa shape index (κ2) is 13.7. The molecule has 0 aliphatic carbocycles. The van der Waals surface area contributed by atoms with Crippen LogP contribution in [0, 0.1) is 6.92 Å². The van der Waals surface area contributed by atoms with Crippen molar-refractivity contribution in [1.29, 1.82) is 0 Å². The number of rotatable bonds is 12. The van der Waals surface area contributed by atoms with Crippen molar-refractivity contribution in [3.63, 3.8) is 0 Å². The summed E-state index contributed by atoms with van der Waals surface area (Å²) in [5.74, 6) is 1.17. The van der Waals surface area contributed by atoms with Gasteiger partial charge in [0.05, 0.1) is 40.8 Å². The molecular weight excluding hydrogens is 542 g/mol. The van der Waals surface area contributed by atoms with Gasteiger partial charge in [0, 0.05) is 11.3 Å². The SMILES string of the molecule is CCCC(C)Oc1ccc(C(=O)Nc2ccc3nc(SCC(=O)N[C@@H](C)c4ccccc4)sc3c2)c(OC)c1C. The Balaban J connectivity index is 1.40. The summed E-state index contributed by atoms with van der Waals surface area (Å²) < 4.78 is 13.4. The van der Waals surface area contributed by atoms with Crippen LogP contribution in [0.5, 0.6) is 11.5 Å². The summed E-state index contributed by atoms with van der Waals surface area (Å²) in [7, 11) is 1.56. The first kappa shape index (κ1) is 29.4. The minimum atomic E-state index is -0.268. The summed E-state index contributed by atoms with van der Waals surface area (Å²) in [5.41, 5.74) is 3.77. The molecule has 210 valence electrons. The van der Waals surface area contributed by atoms with E-state index in [2.05, 4.69) is 22.5 Å². The van der Waals surface area contributed by atoms with E-state index in [0.717, 1.165) is 38.5 Å². The minimum Gasteiger partial charge on any atom is -0.495 e. The number of hydrogen-bond donors (Lipinski definition) is 2. The molecule has 4 rings (SSSR count). The molecule has 0 saturated carbocycles. The number of nitrogens with one attached hydrogen (secondary N) is 2. The molecule has 0 spiro atoms. The first-order valence-electron chi connectivity index (χ1n) is 13.3. The van der Waals surface area contributed by atoms with Crippen molar-refractivity contribution in [2.75, 3.05) is 18.2 Å². The molecule has 0 bridgehead atoms. The summed E-state index contributed by atoms with van der Waals surface area (Å²) in [6.45, 7) is 8.03. The van der Waals surface area contributed by atoms with E-state index < -0.39 is 0 Å². The predicted molar refractivity (Wildman–Crippen MR) is 164 cm³/mol. The van der Waals surface area contributed by atoms with Crippen LogP contribution in [0.1, 0.15) is 61.1 Å². The van der Waals surface area contributed by atoms with Crippen molar-refractivity contribution in [3.8, 4) is 11.5 Å². The van der Waals surface area contributed by atoms with Crippen molar-refractivity contribution < 1.29 is 19.1 Å². The number of thiazole rings is 1. The van der Waals surface area contributed by atoms with Crippen LogP contribution in [0.2, 0.25) is 0 Å². The molecule has 3 aromatic carbocycles. The Hall–Kier alpha value is -3.56. The Bertz CT molecular complexity index is 1470. The highest BCUT2D eigenvalue weighted by Crippen LogP contribution is 2.34. The quantitative estimate of drug-likeness (QED) is 0.171. The Morgan fingerprint density at radius 1 is 1.07 bits per heavy atom. The predicted octanol–water partition coefficient (Wildman–Crippen LogP) is 7.40. The van der Waals surface area contributed by atoms with Gasteiger partial charge in [0.1, 0.15) is 11.5 Å². The third-order valence-corrected chi connectivity index (χ3v) is 8.62. The smallest absolute Gasteiger partial charge is 0.259 e. The number of benzene rings is 3. The summed E-state index contributed by atoms with van der Waals surface area (Å²) in [6.07, 6.45) is 2.06. The van der Waals surface area contributed by atoms with E-state index in [0.29, 0.717) is 22.7 Å². The number of carbonyl (C=O) groups is 2. The number of carbonyl (C=O) groups excluding carboxylic acids is 2. The lowest BCUT2D eigenvalue weighted by molar-refractivity contribution is -0.119. The molecule has 0 aliphatic heterocycles. The Morgan fingerprint density at radius 3 is 2.58 bits per heavy atom. The molecule has 0 fully saturated rings. The van der Waals surface area contributed by atoms with E-state index in [9.17, 15) is 9.59 Å². The third-order valence-electron chi connectivity index (χ3n) is 6.46. The number of amides is 2. The molecule has 7 nitrogen and oxygen atoms in total. The summed E-state index contributed by atoms with van der Waals surface area (Å²) in [5, 5.41) is 6.01. The average Bonchev–Trinajstić information content (AvgIpc) is 3.35. The normalized spacial score (nSPS) is 12.5. The molecule has 4 aromatic rings. The van der Waals surface area contributed by atoms with Gasteiger partial charge in [-0.15, -0.1) is 11.3 Å². The number of fused-ring (bicyclic) bond motifs is 1.